The van der Waals surface area contributed by atoms with Gasteiger partial charge in [-0.3, -0.25) is 9.59 Å². The van der Waals surface area contributed by atoms with Crippen LogP contribution in [0.15, 0.2) is 53.4 Å². The van der Waals surface area contributed by atoms with Crippen molar-refractivity contribution in [3.63, 3.8) is 0 Å². The number of likely N-dealkylation sites (N-methyl/N-ethyl adjacent to an activating group) is 1. The van der Waals surface area contributed by atoms with Crippen molar-refractivity contribution in [1.29, 1.82) is 0 Å². The molecule has 0 fully saturated rings. The van der Waals surface area contributed by atoms with Gasteiger partial charge < -0.3 is 10.2 Å². The first-order valence-electron chi connectivity index (χ1n) is 10.8. The van der Waals surface area contributed by atoms with Crippen LogP contribution in [0, 0.1) is 6.92 Å². The predicted molar refractivity (Wildman–Crippen MR) is 130 cm³/mol. The molecule has 0 heterocycles. The van der Waals surface area contributed by atoms with E-state index in [2.05, 4.69) is 5.32 Å². The van der Waals surface area contributed by atoms with Crippen molar-refractivity contribution in [3.05, 3.63) is 64.7 Å². The second-order valence-electron chi connectivity index (χ2n) is 8.22. The Balaban J connectivity index is 2.26. The molecular weight excluding hydrogens is 462 g/mol. The number of nitrogens with one attached hydrogen (secondary N) is 1. The Hall–Kier alpha value is -2.42. The molecule has 7 nitrogen and oxygen atoms in total. The molecule has 2 atom stereocenters. The summed E-state index contributed by atoms with van der Waals surface area (Å²) in [6.07, 6.45) is 0.756. The number of aryl methyl sites for hydroxylation is 1. The number of amides is 2. The summed E-state index contributed by atoms with van der Waals surface area (Å²) in [6, 6.07) is 12.6. The Bertz CT molecular complexity index is 1060. The lowest BCUT2D eigenvalue weighted by Gasteiger charge is -2.31. The van der Waals surface area contributed by atoms with Crippen molar-refractivity contribution in [3.8, 4) is 0 Å². The number of sulfonamides is 1. The van der Waals surface area contributed by atoms with Gasteiger partial charge >= 0.3 is 0 Å². The Labute approximate surface area is 201 Å². The van der Waals surface area contributed by atoms with Gasteiger partial charge in [0.1, 0.15) is 6.04 Å². The molecule has 0 aromatic heterocycles. The van der Waals surface area contributed by atoms with E-state index >= 15 is 0 Å². The molecule has 2 aromatic rings. The fraction of sp³-hybridized carbons (Fsp3) is 0.417. The number of rotatable bonds is 10. The molecule has 0 saturated carbocycles. The largest absolute Gasteiger partial charge is 0.352 e. The van der Waals surface area contributed by atoms with E-state index in [1.807, 2.05) is 45.0 Å². The number of nitrogens with zero attached hydrogens (tertiary/aromatic N) is 2. The number of hydrogen-bond acceptors (Lipinski definition) is 4. The molecule has 9 heteroatoms. The monoisotopic (exact) mass is 493 g/mol. The van der Waals surface area contributed by atoms with Crippen molar-refractivity contribution in [2.24, 2.45) is 0 Å². The lowest BCUT2D eigenvalue weighted by atomic mass is 10.1. The molecule has 33 heavy (non-hydrogen) atoms. The van der Waals surface area contributed by atoms with E-state index in [-0.39, 0.29) is 23.4 Å². The van der Waals surface area contributed by atoms with Gasteiger partial charge in [0, 0.05) is 24.7 Å². The lowest BCUT2D eigenvalue weighted by Crippen LogP contribution is -2.51. The number of benzene rings is 2. The van der Waals surface area contributed by atoms with Gasteiger partial charge in [-0.2, -0.15) is 4.31 Å². The zero-order valence-corrected chi connectivity index (χ0v) is 21.3. The first kappa shape index (κ1) is 26.8. The van der Waals surface area contributed by atoms with Crippen LogP contribution in [0.25, 0.3) is 0 Å². The number of hydrogen-bond donors (Lipinski definition) is 1. The van der Waals surface area contributed by atoms with Crippen LogP contribution in [0.1, 0.15) is 38.3 Å². The third kappa shape index (κ3) is 7.28. The van der Waals surface area contributed by atoms with Gasteiger partial charge in [-0.15, -0.1) is 0 Å². The van der Waals surface area contributed by atoms with Crippen LogP contribution in [-0.4, -0.2) is 55.1 Å². The zero-order valence-electron chi connectivity index (χ0n) is 19.7. The van der Waals surface area contributed by atoms with Gasteiger partial charge in [0.25, 0.3) is 0 Å². The van der Waals surface area contributed by atoms with E-state index in [0.717, 1.165) is 21.9 Å². The van der Waals surface area contributed by atoms with Gasteiger partial charge in [0.2, 0.25) is 21.8 Å². The van der Waals surface area contributed by atoms with Crippen molar-refractivity contribution in [2.75, 3.05) is 13.6 Å². The molecule has 0 spiro atoms. The molecule has 0 aliphatic carbocycles. The molecule has 2 unspecified atom stereocenters. The third-order valence-corrected chi connectivity index (χ3v) is 7.59. The molecule has 2 aromatic carbocycles. The second kappa shape index (κ2) is 11.6. The molecule has 1 N–H and O–H groups in total. The fourth-order valence-electron chi connectivity index (χ4n) is 3.09. The van der Waals surface area contributed by atoms with Crippen molar-refractivity contribution >= 4 is 33.4 Å². The van der Waals surface area contributed by atoms with E-state index in [1.54, 1.807) is 6.92 Å². The van der Waals surface area contributed by atoms with Crippen LogP contribution in [0.2, 0.25) is 5.02 Å². The van der Waals surface area contributed by atoms with Crippen molar-refractivity contribution < 1.29 is 18.0 Å². The zero-order chi connectivity index (χ0) is 24.8. The highest BCUT2D eigenvalue weighted by Gasteiger charge is 2.30. The number of carbonyl (C=O) groups excluding carboxylic acids is 2. The van der Waals surface area contributed by atoms with Gasteiger partial charge in [-0.25, -0.2) is 8.42 Å². The van der Waals surface area contributed by atoms with Crippen molar-refractivity contribution in [2.45, 2.75) is 57.6 Å². The van der Waals surface area contributed by atoms with Crippen LogP contribution in [0.3, 0.4) is 0 Å². The van der Waals surface area contributed by atoms with E-state index < -0.39 is 28.5 Å². The van der Waals surface area contributed by atoms with Gasteiger partial charge in [-0.05, 0) is 57.0 Å². The summed E-state index contributed by atoms with van der Waals surface area (Å²) in [5, 5.41) is 3.31. The van der Waals surface area contributed by atoms with Gasteiger partial charge in [0.05, 0.1) is 11.4 Å². The van der Waals surface area contributed by atoms with Gasteiger partial charge in [0.15, 0.2) is 0 Å². The second-order valence-corrected chi connectivity index (χ2v) is 10.7. The highest BCUT2D eigenvalue weighted by molar-refractivity contribution is 7.89. The minimum atomic E-state index is -3.91. The predicted octanol–water partition coefficient (Wildman–Crippen LogP) is 3.60. The van der Waals surface area contributed by atoms with E-state index in [0.29, 0.717) is 5.02 Å². The van der Waals surface area contributed by atoms with E-state index in [4.69, 9.17) is 11.6 Å². The maximum absolute atomic E-state index is 13.3. The lowest BCUT2D eigenvalue weighted by molar-refractivity contribution is -0.140. The average Bonchev–Trinajstić information content (AvgIpc) is 2.78. The maximum Gasteiger partial charge on any atom is 0.243 e. The highest BCUT2D eigenvalue weighted by atomic mass is 35.5. The quantitative estimate of drug-likeness (QED) is 0.547. The number of carbonyl (C=O) groups is 2. The fourth-order valence-corrected chi connectivity index (χ4v) is 4.34. The summed E-state index contributed by atoms with van der Waals surface area (Å²) in [5.41, 5.74) is 1.92. The minimum Gasteiger partial charge on any atom is -0.352 e. The Morgan fingerprint density at radius 2 is 1.61 bits per heavy atom. The molecule has 0 aliphatic rings. The van der Waals surface area contributed by atoms with Crippen molar-refractivity contribution in [1.82, 2.24) is 14.5 Å². The molecule has 180 valence electrons. The Morgan fingerprint density at radius 1 is 1.03 bits per heavy atom. The topological polar surface area (TPSA) is 86.8 Å². The molecule has 2 rings (SSSR count). The average molecular weight is 494 g/mol. The standard InChI is InChI=1S/C24H32ClN3O4S/c1-6-18(3)26-24(30)19(4)28(15-20-9-7-17(2)8-10-20)23(29)16-27(5)33(31,32)22-13-11-21(25)12-14-22/h7-14,18-19H,6,15-16H2,1-5H3,(H,26,30). The first-order valence-corrected chi connectivity index (χ1v) is 12.6. The summed E-state index contributed by atoms with van der Waals surface area (Å²) >= 11 is 5.86. The van der Waals surface area contributed by atoms with Crippen LogP contribution < -0.4 is 5.32 Å². The molecule has 0 aliphatic heterocycles. The molecule has 0 radical (unpaired) electrons. The van der Waals surface area contributed by atoms with Crippen LogP contribution in [0.4, 0.5) is 0 Å². The summed E-state index contributed by atoms with van der Waals surface area (Å²) in [5.74, 6) is -0.754. The number of halogens is 1. The Morgan fingerprint density at radius 3 is 2.15 bits per heavy atom. The van der Waals surface area contributed by atoms with E-state index in [1.165, 1.54) is 36.2 Å². The Kier molecular flexibility index (Phi) is 9.46. The highest BCUT2D eigenvalue weighted by Crippen LogP contribution is 2.18. The summed E-state index contributed by atoms with van der Waals surface area (Å²) < 4.78 is 26.8. The summed E-state index contributed by atoms with van der Waals surface area (Å²) in [6.45, 7) is 7.24. The molecule has 2 amide bonds. The minimum absolute atomic E-state index is 0.0369. The SMILES string of the molecule is CCC(C)NC(=O)C(C)N(Cc1ccc(C)cc1)C(=O)CN(C)S(=O)(=O)c1ccc(Cl)cc1. The van der Waals surface area contributed by atoms with Crippen LogP contribution in [-0.2, 0) is 26.2 Å². The maximum atomic E-state index is 13.3. The third-order valence-electron chi connectivity index (χ3n) is 5.52. The summed E-state index contributed by atoms with van der Waals surface area (Å²) in [4.78, 5) is 27.5. The summed E-state index contributed by atoms with van der Waals surface area (Å²) in [7, 11) is -2.56. The molecular formula is C24H32ClN3O4S. The van der Waals surface area contributed by atoms with Crippen LogP contribution in [0.5, 0.6) is 0 Å². The normalized spacial score (nSPS) is 13.4. The van der Waals surface area contributed by atoms with E-state index in [9.17, 15) is 18.0 Å². The molecule has 0 saturated heterocycles. The van der Waals surface area contributed by atoms with Gasteiger partial charge in [-0.1, -0.05) is 48.4 Å². The first-order chi connectivity index (χ1) is 15.4. The molecule has 0 bridgehead atoms. The van der Waals surface area contributed by atoms with Crippen LogP contribution >= 0.6 is 11.6 Å². The smallest absolute Gasteiger partial charge is 0.243 e.